The van der Waals surface area contributed by atoms with Crippen molar-refractivity contribution in [2.24, 2.45) is 5.11 Å². The summed E-state index contributed by atoms with van der Waals surface area (Å²) in [7, 11) is 1.61. The molecule has 0 unspecified atom stereocenters. The fourth-order valence-corrected chi connectivity index (χ4v) is 1.36. The van der Waals surface area contributed by atoms with Crippen molar-refractivity contribution in [2.45, 2.75) is 6.54 Å². The van der Waals surface area contributed by atoms with Crippen LogP contribution in [0.15, 0.2) is 27.8 Å². The Labute approximate surface area is 79.4 Å². The Hall–Kier alpha value is -0.900. The van der Waals surface area contributed by atoms with Gasteiger partial charge in [-0.1, -0.05) is 15.9 Å². The van der Waals surface area contributed by atoms with Crippen LogP contribution in [0.4, 0.5) is 0 Å². The number of nitrogens with one attached hydrogen (secondary N) is 1. The van der Waals surface area contributed by atoms with E-state index in [2.05, 4.69) is 21.0 Å². The van der Waals surface area contributed by atoms with Gasteiger partial charge in [0, 0.05) is 10.0 Å². The first kappa shape index (κ1) is 9.19. The van der Waals surface area contributed by atoms with E-state index in [0.29, 0.717) is 6.54 Å². The molecule has 0 radical (unpaired) electrons. The Morgan fingerprint density at radius 3 is 2.92 bits per heavy atom. The molecule has 12 heavy (non-hydrogen) atoms. The van der Waals surface area contributed by atoms with Crippen LogP contribution in [-0.4, -0.2) is 7.11 Å². The summed E-state index contributed by atoms with van der Waals surface area (Å²) in [6.45, 7) is 0.364. The minimum atomic E-state index is 0.364. The van der Waals surface area contributed by atoms with E-state index in [1.165, 1.54) is 0 Å². The van der Waals surface area contributed by atoms with Gasteiger partial charge >= 0.3 is 0 Å². The lowest BCUT2D eigenvalue weighted by molar-refractivity contribution is 0.409. The number of rotatable bonds is 3. The highest BCUT2D eigenvalue weighted by Gasteiger charge is 2.01. The van der Waals surface area contributed by atoms with Gasteiger partial charge in [0.15, 0.2) is 0 Å². The molecule has 64 valence electrons. The third-order valence-electron chi connectivity index (χ3n) is 1.49. The molecule has 3 nitrogen and oxygen atoms in total. The van der Waals surface area contributed by atoms with Gasteiger partial charge in [-0.25, -0.2) is 5.53 Å². The van der Waals surface area contributed by atoms with Crippen molar-refractivity contribution in [1.82, 2.24) is 0 Å². The molecule has 0 aromatic heterocycles. The number of hydrogen-bond donors (Lipinski definition) is 1. The molecule has 0 spiro atoms. The molecule has 1 rings (SSSR count). The molecule has 1 aromatic carbocycles. The highest BCUT2D eigenvalue weighted by molar-refractivity contribution is 9.10. The van der Waals surface area contributed by atoms with Crippen molar-refractivity contribution in [3.05, 3.63) is 28.2 Å². The van der Waals surface area contributed by atoms with Crippen LogP contribution >= 0.6 is 15.9 Å². The van der Waals surface area contributed by atoms with Crippen molar-refractivity contribution in [1.29, 1.82) is 5.53 Å². The van der Waals surface area contributed by atoms with E-state index in [0.717, 1.165) is 15.8 Å². The van der Waals surface area contributed by atoms with Crippen LogP contribution in [-0.2, 0) is 6.54 Å². The molecule has 0 fully saturated rings. The number of nitrogens with zero attached hydrogens (tertiary/aromatic N) is 1. The van der Waals surface area contributed by atoms with E-state index in [1.54, 1.807) is 7.11 Å². The summed E-state index contributed by atoms with van der Waals surface area (Å²) in [6, 6.07) is 5.65. The molecule has 0 saturated carbocycles. The summed E-state index contributed by atoms with van der Waals surface area (Å²) in [6.07, 6.45) is 0. The summed E-state index contributed by atoms with van der Waals surface area (Å²) in [5.74, 6) is 0.772. The van der Waals surface area contributed by atoms with Gasteiger partial charge in [-0.15, -0.1) is 0 Å². The van der Waals surface area contributed by atoms with Gasteiger partial charge in [-0.2, -0.15) is 5.11 Å². The van der Waals surface area contributed by atoms with E-state index in [4.69, 9.17) is 10.3 Å². The maximum absolute atomic E-state index is 6.74. The molecule has 4 heteroatoms. The van der Waals surface area contributed by atoms with Crippen LogP contribution in [0.25, 0.3) is 0 Å². The van der Waals surface area contributed by atoms with Gasteiger partial charge in [0.2, 0.25) is 0 Å². The number of hydrogen-bond acceptors (Lipinski definition) is 3. The average Bonchev–Trinajstić information content (AvgIpc) is 2.05. The summed E-state index contributed by atoms with van der Waals surface area (Å²) in [4.78, 5) is 0. The van der Waals surface area contributed by atoms with E-state index >= 15 is 0 Å². The summed E-state index contributed by atoms with van der Waals surface area (Å²) < 4.78 is 6.06. The van der Waals surface area contributed by atoms with E-state index < -0.39 is 0 Å². The molecule has 0 aliphatic rings. The molecule has 0 aliphatic carbocycles. The number of ether oxygens (including phenoxy) is 1. The third-order valence-corrected chi connectivity index (χ3v) is 1.99. The first-order chi connectivity index (χ1) is 5.77. The van der Waals surface area contributed by atoms with Crippen LogP contribution < -0.4 is 4.74 Å². The van der Waals surface area contributed by atoms with E-state index in [-0.39, 0.29) is 0 Å². The van der Waals surface area contributed by atoms with Crippen LogP contribution in [0.3, 0.4) is 0 Å². The van der Waals surface area contributed by atoms with Crippen LogP contribution in [0, 0.1) is 5.53 Å². The summed E-state index contributed by atoms with van der Waals surface area (Å²) in [5, 5.41) is 3.30. The standard InChI is InChI=1S/C8H9BrN2O/c1-12-8-3-2-7(9)4-6(8)5-11-10/h2-4,10H,5H2,1H3. The van der Waals surface area contributed by atoms with E-state index in [1.807, 2.05) is 18.2 Å². The molecular weight excluding hydrogens is 220 g/mol. The Kier molecular flexibility index (Phi) is 3.22. The molecule has 1 N–H and O–H groups in total. The van der Waals surface area contributed by atoms with Crippen molar-refractivity contribution in [3.8, 4) is 5.75 Å². The Morgan fingerprint density at radius 1 is 1.58 bits per heavy atom. The van der Waals surface area contributed by atoms with E-state index in [9.17, 15) is 0 Å². The van der Waals surface area contributed by atoms with Gasteiger partial charge in [0.05, 0.1) is 13.7 Å². The Balaban J connectivity index is 3.03. The van der Waals surface area contributed by atoms with Crippen LogP contribution in [0.5, 0.6) is 5.75 Å². The smallest absolute Gasteiger partial charge is 0.124 e. The molecule has 0 bridgehead atoms. The SMILES string of the molecule is COc1ccc(Br)cc1CN=N. The molecular formula is C8H9BrN2O. The van der Waals surface area contributed by atoms with Gasteiger partial charge in [0.25, 0.3) is 0 Å². The lowest BCUT2D eigenvalue weighted by Gasteiger charge is -2.05. The minimum Gasteiger partial charge on any atom is -0.496 e. The predicted octanol–water partition coefficient (Wildman–Crippen LogP) is 2.99. The van der Waals surface area contributed by atoms with Gasteiger partial charge in [-0.05, 0) is 18.2 Å². The topological polar surface area (TPSA) is 45.4 Å². The van der Waals surface area contributed by atoms with Gasteiger partial charge < -0.3 is 4.74 Å². The first-order valence-corrected chi connectivity index (χ1v) is 4.23. The monoisotopic (exact) mass is 228 g/mol. The quantitative estimate of drug-likeness (QED) is 0.795. The molecule has 0 amide bonds. The Morgan fingerprint density at radius 2 is 2.33 bits per heavy atom. The highest BCUT2D eigenvalue weighted by atomic mass is 79.9. The Bertz CT molecular complexity index is 288. The number of methoxy groups -OCH3 is 1. The second kappa shape index (κ2) is 4.21. The second-order valence-electron chi connectivity index (χ2n) is 2.27. The zero-order valence-corrected chi connectivity index (χ0v) is 8.26. The number of halogens is 1. The average molecular weight is 229 g/mol. The predicted molar refractivity (Wildman–Crippen MR) is 49.5 cm³/mol. The fourth-order valence-electron chi connectivity index (χ4n) is 0.956. The third kappa shape index (κ3) is 2.04. The van der Waals surface area contributed by atoms with Crippen LogP contribution in [0.1, 0.15) is 5.56 Å². The summed E-state index contributed by atoms with van der Waals surface area (Å²) >= 11 is 3.34. The molecule has 0 heterocycles. The minimum absolute atomic E-state index is 0.364. The molecule has 0 saturated heterocycles. The highest BCUT2D eigenvalue weighted by Crippen LogP contribution is 2.23. The largest absolute Gasteiger partial charge is 0.496 e. The van der Waals surface area contributed by atoms with Gasteiger partial charge in [-0.3, -0.25) is 0 Å². The molecule has 0 aliphatic heterocycles. The number of benzene rings is 1. The zero-order chi connectivity index (χ0) is 8.97. The van der Waals surface area contributed by atoms with Crippen LogP contribution in [0.2, 0.25) is 0 Å². The first-order valence-electron chi connectivity index (χ1n) is 3.43. The molecule has 1 aromatic rings. The normalized spacial score (nSPS) is 9.50. The lowest BCUT2D eigenvalue weighted by Crippen LogP contribution is -1.89. The lowest BCUT2D eigenvalue weighted by atomic mass is 10.2. The van der Waals surface area contributed by atoms with Crippen molar-refractivity contribution in [2.75, 3.05) is 7.11 Å². The maximum Gasteiger partial charge on any atom is 0.124 e. The van der Waals surface area contributed by atoms with Crippen molar-refractivity contribution in [3.63, 3.8) is 0 Å². The maximum atomic E-state index is 6.74. The zero-order valence-electron chi connectivity index (χ0n) is 6.67. The fraction of sp³-hybridized carbons (Fsp3) is 0.250. The van der Waals surface area contributed by atoms with Crippen molar-refractivity contribution >= 4 is 15.9 Å². The van der Waals surface area contributed by atoms with Crippen molar-refractivity contribution < 1.29 is 4.74 Å². The van der Waals surface area contributed by atoms with Gasteiger partial charge in [0.1, 0.15) is 5.75 Å². The summed E-state index contributed by atoms with van der Waals surface area (Å²) in [5.41, 5.74) is 7.65. The second-order valence-corrected chi connectivity index (χ2v) is 3.19. The molecule has 0 atom stereocenters.